The van der Waals surface area contributed by atoms with Crippen LogP contribution in [0.3, 0.4) is 0 Å². The van der Waals surface area contributed by atoms with Gasteiger partial charge < -0.3 is 4.57 Å². The molecular weight excluding hydrogens is 667 g/mol. The van der Waals surface area contributed by atoms with Crippen LogP contribution in [0, 0.1) is 0 Å². The molecule has 12 aromatic rings. The van der Waals surface area contributed by atoms with Crippen LogP contribution in [0.5, 0.6) is 0 Å². The monoisotopic (exact) mass is 693 g/mol. The maximum absolute atomic E-state index is 5.36. The molecular formula is C47H27N5S. The molecule has 5 nitrogen and oxygen atoms in total. The third kappa shape index (κ3) is 4.04. The van der Waals surface area contributed by atoms with Crippen LogP contribution in [0.4, 0.5) is 0 Å². The highest BCUT2D eigenvalue weighted by atomic mass is 32.1. The third-order valence-corrected chi connectivity index (χ3v) is 11.9. The first-order valence-electron chi connectivity index (χ1n) is 17.8. The van der Waals surface area contributed by atoms with Crippen molar-refractivity contribution in [3.8, 4) is 28.3 Å². The Bertz CT molecular complexity index is 3450. The molecule has 7 aromatic carbocycles. The molecule has 0 N–H and O–H groups in total. The molecule has 246 valence electrons. The molecule has 0 fully saturated rings. The molecule has 0 aliphatic carbocycles. The van der Waals surface area contributed by atoms with Gasteiger partial charge in [0.05, 0.1) is 43.5 Å². The topological polar surface area (TPSA) is 48.0 Å². The molecule has 0 unspecified atom stereocenters. The molecule has 53 heavy (non-hydrogen) atoms. The molecule has 0 radical (unpaired) electrons. The van der Waals surface area contributed by atoms with E-state index in [1.807, 2.05) is 29.5 Å². The van der Waals surface area contributed by atoms with E-state index in [0.717, 1.165) is 61.1 Å². The fourth-order valence-corrected chi connectivity index (χ4v) is 9.62. The van der Waals surface area contributed by atoms with Crippen molar-refractivity contribution in [3.05, 3.63) is 164 Å². The van der Waals surface area contributed by atoms with E-state index >= 15 is 0 Å². The fraction of sp³-hybridized carbons (Fsp3) is 0. The highest BCUT2D eigenvalue weighted by Crippen LogP contribution is 2.46. The largest absolute Gasteiger partial charge is 0.309 e. The van der Waals surface area contributed by atoms with Crippen molar-refractivity contribution < 1.29 is 0 Å². The van der Waals surface area contributed by atoms with E-state index < -0.39 is 0 Å². The minimum absolute atomic E-state index is 0.712. The minimum atomic E-state index is 0.712. The second-order valence-corrected chi connectivity index (χ2v) is 14.6. The predicted octanol–water partition coefficient (Wildman–Crippen LogP) is 12.4. The number of aromatic nitrogens is 5. The smallest absolute Gasteiger partial charge is 0.160 e. The van der Waals surface area contributed by atoms with E-state index in [2.05, 4.69) is 155 Å². The fourth-order valence-electron chi connectivity index (χ4n) is 8.40. The Morgan fingerprint density at radius 3 is 1.98 bits per heavy atom. The summed E-state index contributed by atoms with van der Waals surface area (Å²) in [6.07, 6.45) is 0. The van der Waals surface area contributed by atoms with Crippen LogP contribution in [0.2, 0.25) is 0 Å². The first-order valence-corrected chi connectivity index (χ1v) is 18.6. The Labute approximate surface area is 306 Å². The van der Waals surface area contributed by atoms with Gasteiger partial charge in [-0.05, 0) is 60.7 Å². The summed E-state index contributed by atoms with van der Waals surface area (Å²) in [7, 11) is 0. The van der Waals surface area contributed by atoms with E-state index in [-0.39, 0.29) is 0 Å². The Balaban J connectivity index is 1.12. The van der Waals surface area contributed by atoms with Gasteiger partial charge >= 0.3 is 0 Å². The van der Waals surface area contributed by atoms with Crippen molar-refractivity contribution in [2.24, 2.45) is 0 Å². The third-order valence-electron chi connectivity index (χ3n) is 10.7. The molecule has 0 amide bonds. The van der Waals surface area contributed by atoms with Gasteiger partial charge in [0.1, 0.15) is 5.65 Å². The second kappa shape index (κ2) is 10.8. The lowest BCUT2D eigenvalue weighted by molar-refractivity contribution is 1.17. The van der Waals surface area contributed by atoms with Gasteiger partial charge in [0.15, 0.2) is 5.82 Å². The molecule has 5 aromatic heterocycles. The van der Waals surface area contributed by atoms with E-state index in [9.17, 15) is 0 Å². The minimum Gasteiger partial charge on any atom is -0.309 e. The summed E-state index contributed by atoms with van der Waals surface area (Å²) in [4.78, 5) is 15.5. The number of fused-ring (bicyclic) bond motifs is 15. The number of hydrogen-bond donors (Lipinski definition) is 0. The molecule has 0 spiro atoms. The van der Waals surface area contributed by atoms with Crippen LogP contribution < -0.4 is 0 Å². The Kier molecular flexibility index (Phi) is 5.87. The van der Waals surface area contributed by atoms with Gasteiger partial charge in [-0.2, -0.15) is 0 Å². The van der Waals surface area contributed by atoms with E-state index in [4.69, 9.17) is 15.0 Å². The average Bonchev–Trinajstić information content (AvgIpc) is 3.91. The zero-order valence-electron chi connectivity index (χ0n) is 28.2. The molecule has 0 aliphatic rings. The van der Waals surface area contributed by atoms with Crippen molar-refractivity contribution in [3.63, 3.8) is 0 Å². The Morgan fingerprint density at radius 1 is 0.434 bits per heavy atom. The van der Waals surface area contributed by atoms with Crippen molar-refractivity contribution >= 4 is 91.8 Å². The first kappa shape index (κ1) is 28.8. The maximum atomic E-state index is 5.36. The zero-order valence-corrected chi connectivity index (χ0v) is 29.0. The van der Waals surface area contributed by atoms with Crippen molar-refractivity contribution in [2.75, 3.05) is 0 Å². The lowest BCUT2D eigenvalue weighted by Crippen LogP contribution is -1.97. The van der Waals surface area contributed by atoms with Gasteiger partial charge in [-0.3, -0.25) is 4.40 Å². The molecule has 0 saturated heterocycles. The van der Waals surface area contributed by atoms with E-state index in [1.165, 1.54) is 41.8 Å². The zero-order chi connectivity index (χ0) is 34.6. The van der Waals surface area contributed by atoms with Crippen molar-refractivity contribution in [2.45, 2.75) is 0 Å². The van der Waals surface area contributed by atoms with E-state index in [0.29, 0.717) is 5.82 Å². The number of para-hydroxylation sites is 4. The lowest BCUT2D eigenvalue weighted by atomic mass is 10.0. The first-order chi connectivity index (χ1) is 26.3. The number of benzene rings is 7. The maximum Gasteiger partial charge on any atom is 0.160 e. The summed E-state index contributed by atoms with van der Waals surface area (Å²) in [5.41, 5.74) is 11.6. The van der Waals surface area contributed by atoms with E-state index in [1.54, 1.807) is 0 Å². The summed E-state index contributed by atoms with van der Waals surface area (Å²) in [5, 5.41) is 7.14. The summed E-state index contributed by atoms with van der Waals surface area (Å²) in [6, 6.07) is 57.9. The lowest BCUT2D eigenvalue weighted by Gasteiger charge is -2.12. The molecule has 5 heterocycles. The molecule has 0 aliphatic heterocycles. The molecule has 6 heteroatoms. The second-order valence-electron chi connectivity index (χ2n) is 13.6. The summed E-state index contributed by atoms with van der Waals surface area (Å²) in [5.74, 6) is 0.712. The van der Waals surface area contributed by atoms with Gasteiger partial charge in [0.25, 0.3) is 0 Å². The summed E-state index contributed by atoms with van der Waals surface area (Å²) >= 11 is 1.87. The quantitative estimate of drug-likeness (QED) is 0.185. The predicted molar refractivity (Wildman–Crippen MR) is 221 cm³/mol. The van der Waals surface area contributed by atoms with Gasteiger partial charge in [0, 0.05) is 53.8 Å². The van der Waals surface area contributed by atoms with Crippen LogP contribution in [0.25, 0.3) is 109 Å². The SMILES string of the molecule is c1ccc(-c2nc(-c3ccc(-n4c5ccccc5c5c6c(ccc54)c4sc5ccccc5c4n4c5ccccc5nc64)cc3)nc3ccccc23)cc1. The molecule has 0 bridgehead atoms. The highest BCUT2D eigenvalue weighted by molar-refractivity contribution is 7.26. The number of imidazole rings is 1. The van der Waals surface area contributed by atoms with Crippen molar-refractivity contribution in [1.29, 1.82) is 0 Å². The van der Waals surface area contributed by atoms with Gasteiger partial charge in [-0.15, -0.1) is 11.3 Å². The van der Waals surface area contributed by atoms with Gasteiger partial charge in [-0.1, -0.05) is 103 Å². The standard InChI is InChI=1S/C47H27N5S/c1-2-12-28(13-3-1)43-31-14-4-7-17-35(31)48-46(50-43)29-22-24-30(25-23-29)51-37-19-9-5-15-32(37)41-39(51)27-26-34-42(41)47-49-36-18-8-10-20-38(36)52(47)44-33-16-6-11-21-40(33)53-45(34)44/h1-27H. The number of rotatable bonds is 3. The summed E-state index contributed by atoms with van der Waals surface area (Å²) < 4.78 is 7.35. The van der Waals surface area contributed by atoms with Gasteiger partial charge in [-0.25, -0.2) is 15.0 Å². The summed E-state index contributed by atoms with van der Waals surface area (Å²) in [6.45, 7) is 0. The number of thiophene rings is 1. The van der Waals surface area contributed by atoms with Crippen LogP contribution in [-0.4, -0.2) is 23.9 Å². The average molecular weight is 694 g/mol. The normalized spacial score (nSPS) is 12.2. The molecule has 0 atom stereocenters. The number of pyridine rings is 1. The molecule has 12 rings (SSSR count). The van der Waals surface area contributed by atoms with Crippen LogP contribution in [-0.2, 0) is 0 Å². The number of nitrogens with zero attached hydrogens (tertiary/aromatic N) is 5. The van der Waals surface area contributed by atoms with Gasteiger partial charge in [0.2, 0.25) is 0 Å². The van der Waals surface area contributed by atoms with Crippen LogP contribution >= 0.6 is 11.3 Å². The Hall–Kier alpha value is -6.89. The van der Waals surface area contributed by atoms with Crippen LogP contribution in [0.15, 0.2) is 164 Å². The molecule has 0 saturated carbocycles. The number of hydrogen-bond acceptors (Lipinski definition) is 4. The van der Waals surface area contributed by atoms with Crippen molar-refractivity contribution in [1.82, 2.24) is 23.9 Å². The van der Waals surface area contributed by atoms with Crippen LogP contribution in [0.1, 0.15) is 0 Å². The Morgan fingerprint density at radius 2 is 1.13 bits per heavy atom. The highest BCUT2D eigenvalue weighted by Gasteiger charge is 2.23.